The molecule has 0 spiro atoms. The molecule has 0 saturated heterocycles. The molecule has 1 unspecified atom stereocenters. The van der Waals surface area contributed by atoms with Crippen molar-refractivity contribution in [3.63, 3.8) is 0 Å². The van der Waals surface area contributed by atoms with Gasteiger partial charge in [0.25, 0.3) is 0 Å². The van der Waals surface area contributed by atoms with Crippen LogP contribution in [0.1, 0.15) is 83.0 Å². The third-order valence-electron chi connectivity index (χ3n) is 7.84. The Kier molecular flexibility index (Phi) is 9.03. The second kappa shape index (κ2) is 12.4. The number of halogens is 1. The molecule has 0 bridgehead atoms. The van der Waals surface area contributed by atoms with Crippen LogP contribution in [0.3, 0.4) is 0 Å². The van der Waals surface area contributed by atoms with Crippen molar-refractivity contribution in [1.82, 2.24) is 9.78 Å². The van der Waals surface area contributed by atoms with Crippen LogP contribution in [-0.2, 0) is 13.0 Å². The van der Waals surface area contributed by atoms with Gasteiger partial charge in [-0.1, -0.05) is 80.5 Å². The monoisotopic (exact) mass is 484 g/mol. The van der Waals surface area contributed by atoms with E-state index in [1.54, 1.807) is 6.08 Å². The Bertz CT molecular complexity index is 1140. The first kappa shape index (κ1) is 26.2. The molecule has 190 valence electrons. The fourth-order valence-electron chi connectivity index (χ4n) is 5.88. The van der Waals surface area contributed by atoms with Gasteiger partial charge in [0.1, 0.15) is 5.83 Å². The predicted molar refractivity (Wildman–Crippen MR) is 150 cm³/mol. The predicted octanol–water partition coefficient (Wildman–Crippen LogP) is 8.95. The summed E-state index contributed by atoms with van der Waals surface area (Å²) in [5, 5.41) is 5.14. The Morgan fingerprint density at radius 3 is 2.53 bits per heavy atom. The highest BCUT2D eigenvalue weighted by atomic mass is 19.1. The van der Waals surface area contributed by atoms with Crippen molar-refractivity contribution < 1.29 is 4.39 Å². The maximum absolute atomic E-state index is 15.5. The van der Waals surface area contributed by atoms with E-state index in [2.05, 4.69) is 55.3 Å². The Morgan fingerprint density at radius 2 is 1.89 bits per heavy atom. The third kappa shape index (κ3) is 6.28. The van der Waals surface area contributed by atoms with Crippen LogP contribution in [0.4, 0.5) is 4.39 Å². The normalized spacial score (nSPS) is 22.0. The number of aromatic nitrogens is 2. The molecule has 2 aliphatic rings. The van der Waals surface area contributed by atoms with E-state index < -0.39 is 0 Å². The third-order valence-corrected chi connectivity index (χ3v) is 7.84. The molecule has 3 heteroatoms. The number of terminal acetylenes is 1. The molecule has 2 aliphatic carbocycles. The van der Waals surface area contributed by atoms with Gasteiger partial charge in [0.2, 0.25) is 0 Å². The van der Waals surface area contributed by atoms with Crippen LogP contribution in [-0.4, -0.2) is 9.78 Å². The highest BCUT2D eigenvalue weighted by molar-refractivity contribution is 5.87. The maximum atomic E-state index is 15.5. The molecule has 1 aromatic carbocycles. The van der Waals surface area contributed by atoms with E-state index in [0.29, 0.717) is 17.9 Å². The molecular weight excluding hydrogens is 443 g/mol. The fourth-order valence-corrected chi connectivity index (χ4v) is 5.88. The molecule has 0 N–H and O–H groups in total. The molecule has 1 atom stereocenters. The summed E-state index contributed by atoms with van der Waals surface area (Å²) in [7, 11) is 0. The minimum absolute atomic E-state index is 0.180. The summed E-state index contributed by atoms with van der Waals surface area (Å²) in [6, 6.07) is 10.4. The summed E-state index contributed by atoms with van der Waals surface area (Å²) in [6.45, 7) is 9.20. The van der Waals surface area contributed by atoms with Gasteiger partial charge in [0.05, 0.1) is 11.4 Å². The van der Waals surface area contributed by atoms with Crippen LogP contribution in [0, 0.1) is 30.1 Å². The quantitative estimate of drug-likeness (QED) is 0.243. The number of rotatable bonds is 10. The van der Waals surface area contributed by atoms with Crippen LogP contribution in [0.5, 0.6) is 0 Å². The average Bonchev–Trinajstić information content (AvgIpc) is 3.22. The second-order valence-electron chi connectivity index (χ2n) is 10.8. The summed E-state index contributed by atoms with van der Waals surface area (Å²) in [5.74, 6) is 3.71. The van der Waals surface area contributed by atoms with Gasteiger partial charge >= 0.3 is 0 Å². The van der Waals surface area contributed by atoms with Crippen LogP contribution in [0.25, 0.3) is 16.7 Å². The van der Waals surface area contributed by atoms with Crippen LogP contribution >= 0.6 is 0 Å². The Balaban J connectivity index is 1.62. The molecule has 1 fully saturated rings. The van der Waals surface area contributed by atoms with Gasteiger partial charge in [0.15, 0.2) is 0 Å². The van der Waals surface area contributed by atoms with Gasteiger partial charge in [-0.25, -0.2) is 4.39 Å². The van der Waals surface area contributed by atoms with Gasteiger partial charge in [-0.05, 0) is 68.9 Å². The molecule has 0 aliphatic heterocycles. The van der Waals surface area contributed by atoms with Gasteiger partial charge < -0.3 is 0 Å². The smallest absolute Gasteiger partial charge is 0.129 e. The first-order valence-corrected chi connectivity index (χ1v) is 13.8. The molecule has 1 heterocycles. The lowest BCUT2D eigenvalue weighted by molar-refractivity contribution is 0.234. The number of aryl methyl sites for hydroxylation is 1. The molecule has 0 radical (unpaired) electrons. The van der Waals surface area contributed by atoms with Gasteiger partial charge in [-0.3, -0.25) is 4.68 Å². The number of hydrogen-bond acceptors (Lipinski definition) is 1. The number of benzene rings is 1. The number of hydrogen-bond donors (Lipinski definition) is 0. The minimum Gasteiger partial charge on any atom is -0.264 e. The zero-order chi connectivity index (χ0) is 25.5. The molecule has 2 nitrogen and oxygen atoms in total. The van der Waals surface area contributed by atoms with E-state index in [-0.39, 0.29) is 11.7 Å². The zero-order valence-electron chi connectivity index (χ0n) is 22.1. The lowest BCUT2D eigenvalue weighted by Gasteiger charge is -2.29. The largest absolute Gasteiger partial charge is 0.264 e. The van der Waals surface area contributed by atoms with E-state index in [1.807, 2.05) is 12.1 Å². The Labute approximate surface area is 217 Å². The van der Waals surface area contributed by atoms with Crippen LogP contribution in [0.2, 0.25) is 0 Å². The second-order valence-corrected chi connectivity index (χ2v) is 10.8. The fraction of sp³-hybridized carbons (Fsp3) is 0.485. The first-order chi connectivity index (χ1) is 17.5. The topological polar surface area (TPSA) is 17.8 Å². The molecule has 0 amide bonds. The van der Waals surface area contributed by atoms with E-state index in [4.69, 9.17) is 11.5 Å². The highest BCUT2D eigenvalue weighted by Gasteiger charge is 2.29. The van der Waals surface area contributed by atoms with Gasteiger partial charge in [0, 0.05) is 23.6 Å². The van der Waals surface area contributed by atoms with Crippen molar-refractivity contribution in [2.24, 2.45) is 17.8 Å². The number of nitrogens with zero attached hydrogens (tertiary/aromatic N) is 2. The van der Waals surface area contributed by atoms with Crippen molar-refractivity contribution in [1.29, 1.82) is 0 Å². The lowest BCUT2D eigenvalue weighted by atomic mass is 9.79. The Hall–Kier alpha value is -2.86. The van der Waals surface area contributed by atoms with E-state index in [9.17, 15) is 0 Å². The van der Waals surface area contributed by atoms with E-state index in [0.717, 1.165) is 54.2 Å². The summed E-state index contributed by atoms with van der Waals surface area (Å²) < 4.78 is 17.6. The highest BCUT2D eigenvalue weighted by Crippen LogP contribution is 2.41. The molecule has 4 rings (SSSR count). The summed E-state index contributed by atoms with van der Waals surface area (Å²) in [6.07, 6.45) is 20.5. The molecular formula is C33H41FN2. The van der Waals surface area contributed by atoms with Crippen LogP contribution in [0.15, 0.2) is 60.5 Å². The van der Waals surface area contributed by atoms with Crippen molar-refractivity contribution in [2.45, 2.75) is 84.6 Å². The molecule has 1 saturated carbocycles. The van der Waals surface area contributed by atoms with Crippen molar-refractivity contribution in [3.8, 4) is 23.5 Å². The lowest BCUT2D eigenvalue weighted by Crippen LogP contribution is -2.21. The molecule has 36 heavy (non-hydrogen) atoms. The van der Waals surface area contributed by atoms with Crippen molar-refractivity contribution >= 4 is 5.57 Å². The van der Waals surface area contributed by atoms with Crippen molar-refractivity contribution in [2.75, 3.05) is 0 Å². The SMILES string of the molecule is C#CC1C=C(F)C(c2c(-c3ccccc3)c(CCC)nn2CC2CCC(CCCC(=C)C)CC2)=CC1. The molecule has 1 aromatic heterocycles. The summed E-state index contributed by atoms with van der Waals surface area (Å²) in [4.78, 5) is 0. The molecule has 2 aromatic rings. The first-order valence-electron chi connectivity index (χ1n) is 13.8. The summed E-state index contributed by atoms with van der Waals surface area (Å²) in [5.41, 5.74) is 6.14. The zero-order valence-corrected chi connectivity index (χ0v) is 22.1. The Morgan fingerprint density at radius 1 is 1.17 bits per heavy atom. The van der Waals surface area contributed by atoms with Gasteiger partial charge in [-0.2, -0.15) is 5.10 Å². The number of allylic oxidation sites excluding steroid dienone is 5. The average molecular weight is 485 g/mol. The van der Waals surface area contributed by atoms with Crippen molar-refractivity contribution in [3.05, 3.63) is 71.9 Å². The van der Waals surface area contributed by atoms with E-state index >= 15 is 4.39 Å². The van der Waals surface area contributed by atoms with Crippen LogP contribution < -0.4 is 0 Å². The summed E-state index contributed by atoms with van der Waals surface area (Å²) >= 11 is 0. The maximum Gasteiger partial charge on any atom is 0.129 e. The van der Waals surface area contributed by atoms with Gasteiger partial charge in [-0.15, -0.1) is 13.0 Å². The van der Waals surface area contributed by atoms with E-state index in [1.165, 1.54) is 44.1 Å². The minimum atomic E-state index is -0.216. The standard InChI is InChI=1S/C33H41FN2/c1-5-11-31-32(28-14-8-7-9-15-28)33(29-21-20-25(6-2)22-30(29)34)36(35-31)23-27-18-16-26(17-19-27)13-10-12-24(3)4/h2,7-9,14-15,21-22,25-27H,3,5,10-13,16-20,23H2,1,4H3.